The molecule has 0 bridgehead atoms. The van der Waals surface area contributed by atoms with E-state index in [0.29, 0.717) is 6.54 Å². The minimum absolute atomic E-state index is 0.0567. The Bertz CT molecular complexity index is 485. The van der Waals surface area contributed by atoms with Gasteiger partial charge in [-0.05, 0) is 32.6 Å². The molecular formula is C15H23N3O2S. The standard InChI is InChI=1S/C15H23N3O2S/c1-11-10-17-14(21-11)6-7-16-15(19)18-8-2-4-12(18)13-5-3-9-20-13/h10,12-13H,2-9H2,1H3,(H,16,19)/t12-,13+/m1/s1. The average molecular weight is 309 g/mol. The number of hydrogen-bond acceptors (Lipinski definition) is 4. The number of ether oxygens (including phenoxy) is 1. The molecule has 3 rings (SSSR count). The number of rotatable bonds is 4. The minimum Gasteiger partial charge on any atom is -0.376 e. The average Bonchev–Trinajstić information content (AvgIpc) is 3.19. The number of likely N-dealkylation sites (tertiary alicyclic amines) is 1. The molecule has 0 saturated carbocycles. The Balaban J connectivity index is 1.47. The fourth-order valence-corrected chi connectivity index (χ4v) is 4.02. The summed E-state index contributed by atoms with van der Waals surface area (Å²) in [4.78, 5) is 19.9. The number of aryl methyl sites for hydroxylation is 1. The molecule has 0 radical (unpaired) electrons. The summed E-state index contributed by atoms with van der Waals surface area (Å²) in [7, 11) is 0. The SMILES string of the molecule is Cc1cnc(CCNC(=O)N2CCC[C@@H]2[C@@H]2CCCO2)s1. The van der Waals surface area contributed by atoms with E-state index in [1.54, 1.807) is 11.3 Å². The van der Waals surface area contributed by atoms with Crippen LogP contribution in [0.4, 0.5) is 4.79 Å². The molecule has 1 aromatic rings. The Hall–Kier alpha value is -1.14. The first-order valence-corrected chi connectivity index (χ1v) is 8.63. The third-order valence-electron chi connectivity index (χ3n) is 4.24. The summed E-state index contributed by atoms with van der Waals surface area (Å²) in [5, 5.41) is 4.12. The molecule has 0 aliphatic carbocycles. The fourth-order valence-electron chi connectivity index (χ4n) is 3.23. The van der Waals surface area contributed by atoms with Gasteiger partial charge in [-0.2, -0.15) is 0 Å². The van der Waals surface area contributed by atoms with E-state index < -0.39 is 0 Å². The molecule has 2 amide bonds. The van der Waals surface area contributed by atoms with E-state index in [9.17, 15) is 4.79 Å². The molecule has 0 unspecified atom stereocenters. The Labute approximate surface area is 129 Å². The number of hydrogen-bond donors (Lipinski definition) is 1. The van der Waals surface area contributed by atoms with Crippen LogP contribution in [0.3, 0.4) is 0 Å². The number of thiazole rings is 1. The maximum atomic E-state index is 12.4. The van der Waals surface area contributed by atoms with Crippen molar-refractivity contribution < 1.29 is 9.53 Å². The molecule has 1 N–H and O–H groups in total. The van der Waals surface area contributed by atoms with Gasteiger partial charge in [0.25, 0.3) is 0 Å². The predicted octanol–water partition coefficient (Wildman–Crippen LogP) is 2.35. The van der Waals surface area contributed by atoms with Crippen molar-refractivity contribution in [2.24, 2.45) is 0 Å². The van der Waals surface area contributed by atoms with Gasteiger partial charge in [-0.15, -0.1) is 11.3 Å². The monoisotopic (exact) mass is 309 g/mol. The van der Waals surface area contributed by atoms with Crippen molar-refractivity contribution in [2.45, 2.75) is 51.2 Å². The summed E-state index contributed by atoms with van der Waals surface area (Å²) >= 11 is 1.70. The normalized spacial score (nSPS) is 25.5. The maximum Gasteiger partial charge on any atom is 0.317 e. The van der Waals surface area contributed by atoms with E-state index in [2.05, 4.69) is 17.2 Å². The first-order chi connectivity index (χ1) is 10.2. The van der Waals surface area contributed by atoms with Crippen molar-refractivity contribution in [1.82, 2.24) is 15.2 Å². The molecule has 2 saturated heterocycles. The highest BCUT2D eigenvalue weighted by Crippen LogP contribution is 2.27. The fraction of sp³-hybridized carbons (Fsp3) is 0.733. The molecule has 3 heterocycles. The molecule has 5 nitrogen and oxygen atoms in total. The van der Waals surface area contributed by atoms with Crippen LogP contribution in [-0.4, -0.2) is 47.8 Å². The van der Waals surface area contributed by atoms with Gasteiger partial charge in [0, 0.05) is 37.2 Å². The van der Waals surface area contributed by atoms with Crippen LogP contribution in [0.15, 0.2) is 6.20 Å². The van der Waals surface area contributed by atoms with Crippen LogP contribution in [-0.2, 0) is 11.2 Å². The molecule has 6 heteroatoms. The van der Waals surface area contributed by atoms with Crippen LogP contribution in [0, 0.1) is 6.92 Å². The summed E-state index contributed by atoms with van der Waals surface area (Å²) in [6.45, 7) is 4.41. The Morgan fingerprint density at radius 2 is 2.43 bits per heavy atom. The van der Waals surface area contributed by atoms with Gasteiger partial charge in [0.2, 0.25) is 0 Å². The van der Waals surface area contributed by atoms with E-state index in [0.717, 1.165) is 50.3 Å². The molecule has 2 fully saturated rings. The van der Waals surface area contributed by atoms with Crippen molar-refractivity contribution in [2.75, 3.05) is 19.7 Å². The lowest BCUT2D eigenvalue weighted by Crippen LogP contribution is -2.47. The second-order valence-electron chi connectivity index (χ2n) is 5.80. The molecular weight excluding hydrogens is 286 g/mol. The topological polar surface area (TPSA) is 54.5 Å². The third-order valence-corrected chi connectivity index (χ3v) is 5.21. The summed E-state index contributed by atoms with van der Waals surface area (Å²) < 4.78 is 5.76. The van der Waals surface area contributed by atoms with E-state index in [1.165, 1.54) is 4.88 Å². The largest absolute Gasteiger partial charge is 0.376 e. The number of aromatic nitrogens is 1. The highest BCUT2D eigenvalue weighted by atomic mass is 32.1. The zero-order chi connectivity index (χ0) is 14.7. The zero-order valence-electron chi connectivity index (χ0n) is 12.5. The molecule has 116 valence electrons. The molecule has 0 spiro atoms. The van der Waals surface area contributed by atoms with Gasteiger partial charge in [0.15, 0.2) is 0 Å². The van der Waals surface area contributed by atoms with Crippen molar-refractivity contribution in [3.8, 4) is 0 Å². The molecule has 1 aromatic heterocycles. The zero-order valence-corrected chi connectivity index (χ0v) is 13.3. The number of nitrogens with one attached hydrogen (secondary N) is 1. The minimum atomic E-state index is 0.0567. The smallest absolute Gasteiger partial charge is 0.317 e. The van der Waals surface area contributed by atoms with Crippen LogP contribution < -0.4 is 5.32 Å². The van der Waals surface area contributed by atoms with Gasteiger partial charge in [-0.3, -0.25) is 0 Å². The van der Waals surface area contributed by atoms with Gasteiger partial charge in [0.05, 0.1) is 17.2 Å². The van der Waals surface area contributed by atoms with Gasteiger partial charge >= 0.3 is 6.03 Å². The summed E-state index contributed by atoms with van der Waals surface area (Å²) in [5.41, 5.74) is 0. The lowest BCUT2D eigenvalue weighted by atomic mass is 10.1. The highest BCUT2D eigenvalue weighted by molar-refractivity contribution is 7.11. The van der Waals surface area contributed by atoms with Gasteiger partial charge in [-0.25, -0.2) is 9.78 Å². The van der Waals surface area contributed by atoms with Gasteiger partial charge in [-0.1, -0.05) is 0 Å². The van der Waals surface area contributed by atoms with Crippen LogP contribution in [0.2, 0.25) is 0 Å². The van der Waals surface area contributed by atoms with E-state index in [4.69, 9.17) is 4.74 Å². The molecule has 21 heavy (non-hydrogen) atoms. The number of carbonyl (C=O) groups excluding carboxylic acids is 1. The number of urea groups is 1. The first kappa shape index (κ1) is 14.8. The molecule has 2 aliphatic rings. The third kappa shape index (κ3) is 3.55. The lowest BCUT2D eigenvalue weighted by molar-refractivity contribution is 0.0521. The predicted molar refractivity (Wildman–Crippen MR) is 82.7 cm³/mol. The second-order valence-corrected chi connectivity index (χ2v) is 7.12. The molecule has 0 aromatic carbocycles. The Morgan fingerprint density at radius 3 is 3.14 bits per heavy atom. The lowest BCUT2D eigenvalue weighted by Gasteiger charge is -2.28. The summed E-state index contributed by atoms with van der Waals surface area (Å²) in [6, 6.07) is 0.330. The van der Waals surface area contributed by atoms with E-state index >= 15 is 0 Å². The van der Waals surface area contributed by atoms with Crippen LogP contribution in [0.25, 0.3) is 0 Å². The van der Waals surface area contributed by atoms with E-state index in [-0.39, 0.29) is 18.2 Å². The second kappa shape index (κ2) is 6.75. The number of nitrogens with zero attached hydrogens (tertiary/aromatic N) is 2. The van der Waals surface area contributed by atoms with Crippen LogP contribution in [0.1, 0.15) is 35.6 Å². The molecule has 2 aliphatic heterocycles. The maximum absolute atomic E-state index is 12.4. The summed E-state index contributed by atoms with van der Waals surface area (Å²) in [6.07, 6.45) is 7.32. The first-order valence-electron chi connectivity index (χ1n) is 7.81. The highest BCUT2D eigenvalue weighted by Gasteiger charge is 2.36. The van der Waals surface area contributed by atoms with Gasteiger partial charge in [0.1, 0.15) is 0 Å². The number of carbonyl (C=O) groups is 1. The van der Waals surface area contributed by atoms with E-state index in [1.807, 2.05) is 11.1 Å². The number of amides is 2. The summed E-state index contributed by atoms with van der Waals surface area (Å²) in [5.74, 6) is 0. The van der Waals surface area contributed by atoms with Crippen molar-refractivity contribution >= 4 is 17.4 Å². The van der Waals surface area contributed by atoms with Crippen LogP contribution in [0.5, 0.6) is 0 Å². The Morgan fingerprint density at radius 1 is 1.52 bits per heavy atom. The Kier molecular flexibility index (Phi) is 4.75. The van der Waals surface area contributed by atoms with Gasteiger partial charge < -0.3 is 15.0 Å². The van der Waals surface area contributed by atoms with Crippen molar-refractivity contribution in [1.29, 1.82) is 0 Å². The quantitative estimate of drug-likeness (QED) is 0.929. The van der Waals surface area contributed by atoms with Crippen molar-refractivity contribution in [3.05, 3.63) is 16.1 Å². The molecule has 2 atom stereocenters. The van der Waals surface area contributed by atoms with Crippen LogP contribution >= 0.6 is 11.3 Å². The van der Waals surface area contributed by atoms with Crippen molar-refractivity contribution in [3.63, 3.8) is 0 Å².